The van der Waals surface area contributed by atoms with Gasteiger partial charge in [0.15, 0.2) is 0 Å². The molecular formula is C24H28N2O6. The minimum absolute atomic E-state index is 0.190. The van der Waals surface area contributed by atoms with E-state index in [-0.39, 0.29) is 12.3 Å². The minimum atomic E-state index is -0.902. The number of nitrogens with one attached hydrogen (secondary N) is 1. The van der Waals surface area contributed by atoms with Crippen LogP contribution in [0.4, 0.5) is 0 Å². The second-order valence-corrected chi connectivity index (χ2v) is 7.79. The number of carbonyl (C=O) groups excluding carboxylic acids is 3. The molecule has 2 amide bonds. The fourth-order valence-electron chi connectivity index (χ4n) is 4.00. The van der Waals surface area contributed by atoms with Gasteiger partial charge in [-0.2, -0.15) is 0 Å². The zero-order valence-corrected chi connectivity index (χ0v) is 18.2. The maximum Gasteiger partial charge on any atom is 0.310 e. The number of hydrogen-bond acceptors (Lipinski definition) is 6. The minimum Gasteiger partial charge on any atom is -0.469 e. The Hall–Kier alpha value is -3.39. The molecule has 0 saturated heterocycles. The van der Waals surface area contributed by atoms with Crippen molar-refractivity contribution < 1.29 is 29.1 Å². The molecule has 2 aromatic rings. The Morgan fingerprint density at radius 1 is 1.03 bits per heavy atom. The molecule has 1 aliphatic rings. The van der Waals surface area contributed by atoms with Crippen molar-refractivity contribution in [2.24, 2.45) is 17.8 Å². The molecular weight excluding hydrogens is 412 g/mol. The maximum atomic E-state index is 13.2. The molecule has 8 heteroatoms. The maximum absolute atomic E-state index is 13.2. The van der Waals surface area contributed by atoms with Crippen molar-refractivity contribution in [1.82, 2.24) is 10.4 Å². The van der Waals surface area contributed by atoms with Gasteiger partial charge in [-0.25, -0.2) is 5.48 Å². The van der Waals surface area contributed by atoms with Crippen LogP contribution in [0.2, 0.25) is 0 Å². The highest BCUT2D eigenvalue weighted by Crippen LogP contribution is 2.43. The van der Waals surface area contributed by atoms with Gasteiger partial charge in [-0.3, -0.25) is 19.6 Å². The van der Waals surface area contributed by atoms with E-state index in [0.717, 1.165) is 17.7 Å². The summed E-state index contributed by atoms with van der Waals surface area (Å²) in [5.41, 5.74) is 2.49. The number of ether oxygens (including phenoxy) is 2. The molecule has 3 unspecified atom stereocenters. The van der Waals surface area contributed by atoms with Crippen molar-refractivity contribution in [3.63, 3.8) is 0 Å². The first kappa shape index (κ1) is 23.3. The van der Waals surface area contributed by atoms with Gasteiger partial charge in [0.05, 0.1) is 24.9 Å². The third kappa shape index (κ3) is 5.26. The number of rotatable bonds is 9. The Kier molecular flexibility index (Phi) is 7.83. The first-order chi connectivity index (χ1) is 15.5. The molecule has 1 fully saturated rings. The quantitative estimate of drug-likeness (QED) is 0.353. The van der Waals surface area contributed by atoms with Crippen LogP contribution in [-0.2, 0) is 25.7 Å². The van der Waals surface area contributed by atoms with Gasteiger partial charge in [0.2, 0.25) is 11.8 Å². The Labute approximate surface area is 187 Å². The van der Waals surface area contributed by atoms with Crippen molar-refractivity contribution in [2.75, 3.05) is 13.7 Å². The lowest BCUT2D eigenvalue weighted by atomic mass is 9.63. The Morgan fingerprint density at radius 3 is 2.28 bits per heavy atom. The lowest BCUT2D eigenvalue weighted by Gasteiger charge is -2.42. The van der Waals surface area contributed by atoms with Crippen LogP contribution in [0.5, 0.6) is 11.5 Å². The monoisotopic (exact) mass is 440 g/mol. The van der Waals surface area contributed by atoms with Crippen LogP contribution < -0.4 is 10.2 Å². The summed E-state index contributed by atoms with van der Waals surface area (Å²) in [7, 11) is 1.22. The summed E-state index contributed by atoms with van der Waals surface area (Å²) in [5, 5.41) is 8.91. The molecule has 3 atom stereocenters. The summed E-state index contributed by atoms with van der Waals surface area (Å²) in [5.74, 6) is -2.41. The Morgan fingerprint density at radius 2 is 1.69 bits per heavy atom. The van der Waals surface area contributed by atoms with Crippen LogP contribution in [0.15, 0.2) is 54.6 Å². The van der Waals surface area contributed by atoms with E-state index in [4.69, 9.17) is 14.7 Å². The van der Waals surface area contributed by atoms with Crippen LogP contribution in [-0.4, -0.2) is 41.5 Å². The molecule has 0 heterocycles. The lowest BCUT2D eigenvalue weighted by molar-refractivity contribution is -0.170. The number of hydroxylamine groups is 1. The molecule has 0 aromatic heterocycles. The van der Waals surface area contributed by atoms with Gasteiger partial charge in [-0.05, 0) is 42.7 Å². The van der Waals surface area contributed by atoms with Gasteiger partial charge in [0.1, 0.15) is 11.5 Å². The molecule has 8 nitrogen and oxygen atoms in total. The predicted octanol–water partition coefficient (Wildman–Crippen LogP) is 3.15. The van der Waals surface area contributed by atoms with Gasteiger partial charge in [-0.1, -0.05) is 37.3 Å². The summed E-state index contributed by atoms with van der Waals surface area (Å²) < 4.78 is 10.6. The van der Waals surface area contributed by atoms with Crippen molar-refractivity contribution in [1.29, 1.82) is 0 Å². The van der Waals surface area contributed by atoms with Crippen LogP contribution in [0.1, 0.15) is 25.3 Å². The van der Waals surface area contributed by atoms with E-state index < -0.39 is 29.6 Å². The highest BCUT2D eigenvalue weighted by atomic mass is 16.5. The van der Waals surface area contributed by atoms with E-state index in [1.54, 1.807) is 10.4 Å². The molecule has 1 aliphatic carbocycles. The number of para-hydroxylation sites is 1. The van der Waals surface area contributed by atoms with Crippen LogP contribution in [0.25, 0.3) is 0 Å². The van der Waals surface area contributed by atoms with Crippen LogP contribution >= 0.6 is 0 Å². The molecule has 0 spiro atoms. The summed E-state index contributed by atoms with van der Waals surface area (Å²) in [6, 6.07) is 16.9. The van der Waals surface area contributed by atoms with Crippen molar-refractivity contribution >= 4 is 17.8 Å². The average Bonchev–Trinajstić information content (AvgIpc) is 2.79. The van der Waals surface area contributed by atoms with Gasteiger partial charge < -0.3 is 14.4 Å². The summed E-state index contributed by atoms with van der Waals surface area (Å²) in [4.78, 5) is 38.9. The number of nitrogens with zero attached hydrogens (tertiary/aromatic N) is 1. The molecule has 1 saturated carbocycles. The first-order valence-electron chi connectivity index (χ1n) is 10.6. The standard InChI is InChI=1S/C24H28N2O6/c1-3-13-26(23(28)20-14-19(22(27)25-30)21(20)24(29)31-2)15-16-9-11-18(12-10-16)32-17-7-5-4-6-8-17/h4-12,19-21,30H,3,13-15H2,1-2H3,(H,25,27). The Balaban J connectivity index is 1.68. The van der Waals surface area contributed by atoms with Gasteiger partial charge in [-0.15, -0.1) is 0 Å². The van der Waals surface area contributed by atoms with Crippen molar-refractivity contribution in [3.8, 4) is 11.5 Å². The highest BCUT2D eigenvalue weighted by Gasteiger charge is 2.54. The number of hydrogen-bond donors (Lipinski definition) is 2. The lowest BCUT2D eigenvalue weighted by Crippen LogP contribution is -2.55. The molecule has 3 rings (SSSR count). The topological polar surface area (TPSA) is 105 Å². The zero-order chi connectivity index (χ0) is 23.1. The number of esters is 1. The fourth-order valence-corrected chi connectivity index (χ4v) is 4.00. The van der Waals surface area contributed by atoms with Gasteiger partial charge in [0.25, 0.3) is 0 Å². The molecule has 0 radical (unpaired) electrons. The predicted molar refractivity (Wildman–Crippen MR) is 116 cm³/mol. The second-order valence-electron chi connectivity index (χ2n) is 7.79. The molecule has 0 bridgehead atoms. The van der Waals surface area contributed by atoms with Crippen LogP contribution in [0.3, 0.4) is 0 Å². The molecule has 170 valence electrons. The third-order valence-corrected chi connectivity index (χ3v) is 5.69. The van der Waals surface area contributed by atoms with Crippen LogP contribution in [0, 0.1) is 17.8 Å². The van der Waals surface area contributed by atoms with Gasteiger partial charge >= 0.3 is 5.97 Å². The summed E-state index contributed by atoms with van der Waals surface area (Å²) in [6.07, 6.45) is 0.937. The smallest absolute Gasteiger partial charge is 0.310 e. The van der Waals surface area contributed by atoms with Gasteiger partial charge in [0, 0.05) is 13.1 Å². The highest BCUT2D eigenvalue weighted by molar-refractivity contribution is 5.93. The number of amides is 2. The number of benzene rings is 2. The SMILES string of the molecule is CCCN(Cc1ccc(Oc2ccccc2)cc1)C(=O)C1CC(C(=O)NO)C1C(=O)OC. The van der Waals surface area contributed by atoms with E-state index in [2.05, 4.69) is 0 Å². The van der Waals surface area contributed by atoms with E-state index in [0.29, 0.717) is 18.8 Å². The molecule has 2 N–H and O–H groups in total. The normalized spacial score (nSPS) is 19.4. The van der Waals surface area contributed by atoms with E-state index in [9.17, 15) is 14.4 Å². The molecule has 2 aromatic carbocycles. The molecule has 32 heavy (non-hydrogen) atoms. The van der Waals surface area contributed by atoms with E-state index >= 15 is 0 Å². The largest absolute Gasteiger partial charge is 0.469 e. The number of carbonyl (C=O) groups is 3. The second kappa shape index (κ2) is 10.8. The van der Waals surface area contributed by atoms with Crippen molar-refractivity contribution in [2.45, 2.75) is 26.3 Å². The third-order valence-electron chi connectivity index (χ3n) is 5.69. The van der Waals surface area contributed by atoms with E-state index in [1.807, 2.05) is 61.5 Å². The van der Waals surface area contributed by atoms with E-state index in [1.165, 1.54) is 7.11 Å². The number of methoxy groups -OCH3 is 1. The fraction of sp³-hybridized carbons (Fsp3) is 0.375. The summed E-state index contributed by atoms with van der Waals surface area (Å²) in [6.45, 7) is 2.86. The first-order valence-corrected chi connectivity index (χ1v) is 10.6. The molecule has 0 aliphatic heterocycles. The van der Waals surface area contributed by atoms with Crippen molar-refractivity contribution in [3.05, 3.63) is 60.2 Å². The Bertz CT molecular complexity index is 931. The average molecular weight is 440 g/mol. The summed E-state index contributed by atoms with van der Waals surface area (Å²) >= 11 is 0. The zero-order valence-electron chi connectivity index (χ0n) is 18.2.